The monoisotopic (exact) mass is 201 g/mol. The van der Waals surface area contributed by atoms with E-state index in [1.807, 2.05) is 0 Å². The number of ether oxygens (including phenoxy) is 2. The molecule has 1 aliphatic rings. The van der Waals surface area contributed by atoms with Crippen LogP contribution in [-0.4, -0.2) is 38.9 Å². The number of esters is 1. The van der Waals surface area contributed by atoms with Crippen molar-refractivity contribution in [3.05, 3.63) is 0 Å². The van der Waals surface area contributed by atoms with Gasteiger partial charge in [-0.1, -0.05) is 6.92 Å². The highest BCUT2D eigenvalue weighted by Gasteiger charge is 2.28. The van der Waals surface area contributed by atoms with Gasteiger partial charge in [0.1, 0.15) is 12.6 Å². The minimum Gasteiger partial charge on any atom is -0.462 e. The van der Waals surface area contributed by atoms with Crippen molar-refractivity contribution in [2.24, 2.45) is 5.92 Å². The Kier molecular flexibility index (Phi) is 4.90. The highest BCUT2D eigenvalue weighted by atomic mass is 16.6. The number of hydrogen-bond acceptors (Lipinski definition) is 4. The highest BCUT2D eigenvalue weighted by molar-refractivity contribution is 5.76. The van der Waals surface area contributed by atoms with Crippen LogP contribution in [0.2, 0.25) is 0 Å². The lowest BCUT2D eigenvalue weighted by Crippen LogP contribution is -2.46. The smallest absolute Gasteiger partial charge is 0.323 e. The van der Waals surface area contributed by atoms with Crippen molar-refractivity contribution in [3.8, 4) is 0 Å². The summed E-state index contributed by atoms with van der Waals surface area (Å²) in [6.07, 6.45) is 2.24. The quantitative estimate of drug-likeness (QED) is 0.533. The molecule has 0 bridgehead atoms. The van der Waals surface area contributed by atoms with E-state index in [0.29, 0.717) is 19.1 Å². The first kappa shape index (κ1) is 11.5. The van der Waals surface area contributed by atoms with Gasteiger partial charge in [0.15, 0.2) is 0 Å². The second-order valence-electron chi connectivity index (χ2n) is 3.71. The van der Waals surface area contributed by atoms with Gasteiger partial charge in [0.05, 0.1) is 6.61 Å². The topological polar surface area (TPSA) is 47.6 Å². The lowest BCUT2D eigenvalue weighted by atomic mass is 9.93. The van der Waals surface area contributed by atoms with Crippen LogP contribution >= 0.6 is 0 Å². The third-order valence-electron chi connectivity index (χ3n) is 2.56. The fraction of sp³-hybridized carbons (Fsp3) is 0.900. The van der Waals surface area contributed by atoms with E-state index in [9.17, 15) is 4.79 Å². The van der Waals surface area contributed by atoms with Gasteiger partial charge in [0.2, 0.25) is 0 Å². The third-order valence-corrected chi connectivity index (χ3v) is 2.56. The maximum Gasteiger partial charge on any atom is 0.323 e. The van der Waals surface area contributed by atoms with Gasteiger partial charge in [-0.25, -0.2) is 0 Å². The first-order valence-corrected chi connectivity index (χ1v) is 5.14. The van der Waals surface area contributed by atoms with Gasteiger partial charge in [0.25, 0.3) is 0 Å². The predicted molar refractivity (Wildman–Crippen MR) is 53.0 cm³/mol. The van der Waals surface area contributed by atoms with Crippen molar-refractivity contribution in [3.63, 3.8) is 0 Å². The van der Waals surface area contributed by atoms with Gasteiger partial charge in [-0.3, -0.25) is 4.79 Å². The average molecular weight is 201 g/mol. The maximum absolute atomic E-state index is 11.5. The van der Waals surface area contributed by atoms with Gasteiger partial charge < -0.3 is 14.8 Å². The molecule has 2 atom stereocenters. The van der Waals surface area contributed by atoms with Gasteiger partial charge in [-0.2, -0.15) is 0 Å². The van der Waals surface area contributed by atoms with Crippen LogP contribution in [-0.2, 0) is 14.3 Å². The number of carbonyl (C=O) groups excluding carboxylic acids is 1. The van der Waals surface area contributed by atoms with Crippen molar-refractivity contribution >= 4 is 5.97 Å². The average Bonchev–Trinajstić information content (AvgIpc) is 2.18. The lowest BCUT2D eigenvalue weighted by molar-refractivity contribution is -0.149. The summed E-state index contributed by atoms with van der Waals surface area (Å²) in [5.74, 6) is 0.230. The first-order chi connectivity index (χ1) is 6.75. The van der Waals surface area contributed by atoms with Gasteiger partial charge >= 0.3 is 5.97 Å². The molecule has 0 aromatic heterocycles. The molecule has 0 spiro atoms. The summed E-state index contributed by atoms with van der Waals surface area (Å²) in [6, 6.07) is -0.124. The Hall–Kier alpha value is -0.610. The summed E-state index contributed by atoms with van der Waals surface area (Å²) in [5.41, 5.74) is 0. The Labute approximate surface area is 85.0 Å². The molecule has 0 radical (unpaired) electrons. The lowest BCUT2D eigenvalue weighted by Gasteiger charge is -2.28. The van der Waals surface area contributed by atoms with E-state index in [0.717, 1.165) is 19.4 Å². The number of nitrogens with one attached hydrogen (secondary N) is 1. The van der Waals surface area contributed by atoms with Crippen molar-refractivity contribution in [1.82, 2.24) is 5.32 Å². The molecular formula is C10H19NO3. The second kappa shape index (κ2) is 5.98. The molecule has 1 fully saturated rings. The number of piperidine rings is 1. The summed E-state index contributed by atoms with van der Waals surface area (Å²) in [6.45, 7) is 3.80. The van der Waals surface area contributed by atoms with Gasteiger partial charge in [-0.15, -0.1) is 0 Å². The molecule has 14 heavy (non-hydrogen) atoms. The SMILES string of the molecule is COCCOC(=O)C1NCCCC1C. The molecule has 0 saturated carbocycles. The van der Waals surface area contributed by atoms with Crippen molar-refractivity contribution in [2.75, 3.05) is 26.9 Å². The van der Waals surface area contributed by atoms with E-state index in [2.05, 4.69) is 12.2 Å². The van der Waals surface area contributed by atoms with Crippen LogP contribution in [0, 0.1) is 5.92 Å². The third kappa shape index (κ3) is 3.27. The van der Waals surface area contributed by atoms with E-state index >= 15 is 0 Å². The molecule has 1 aliphatic heterocycles. The number of hydrogen-bond donors (Lipinski definition) is 1. The Bertz CT molecular complexity index is 184. The van der Waals surface area contributed by atoms with Crippen molar-refractivity contribution < 1.29 is 14.3 Å². The molecule has 0 aliphatic carbocycles. The molecule has 1 heterocycles. The normalized spacial score (nSPS) is 27.3. The standard InChI is InChI=1S/C10H19NO3/c1-8-4-3-5-11-9(8)10(12)14-7-6-13-2/h8-9,11H,3-7H2,1-2H3. The van der Waals surface area contributed by atoms with E-state index < -0.39 is 0 Å². The fourth-order valence-electron chi connectivity index (χ4n) is 1.68. The zero-order chi connectivity index (χ0) is 10.4. The first-order valence-electron chi connectivity index (χ1n) is 5.14. The molecule has 1 rings (SSSR count). The zero-order valence-electron chi connectivity index (χ0n) is 8.91. The molecule has 82 valence electrons. The highest BCUT2D eigenvalue weighted by Crippen LogP contribution is 2.16. The van der Waals surface area contributed by atoms with Crippen LogP contribution in [0.15, 0.2) is 0 Å². The van der Waals surface area contributed by atoms with Crippen LogP contribution in [0.1, 0.15) is 19.8 Å². The van der Waals surface area contributed by atoms with E-state index in [-0.39, 0.29) is 12.0 Å². The Morgan fingerprint density at radius 1 is 1.50 bits per heavy atom. The largest absolute Gasteiger partial charge is 0.462 e. The Morgan fingerprint density at radius 2 is 2.29 bits per heavy atom. The predicted octanol–water partition coefficient (Wildman–Crippen LogP) is 0.564. The summed E-state index contributed by atoms with van der Waals surface area (Å²) in [4.78, 5) is 11.5. The molecular weight excluding hydrogens is 182 g/mol. The summed E-state index contributed by atoms with van der Waals surface area (Å²) in [7, 11) is 1.59. The molecule has 1 N–H and O–H groups in total. The molecule has 0 amide bonds. The number of carbonyl (C=O) groups is 1. The molecule has 0 aromatic rings. The minimum atomic E-state index is -0.144. The summed E-state index contributed by atoms with van der Waals surface area (Å²) >= 11 is 0. The van der Waals surface area contributed by atoms with Crippen LogP contribution in [0.25, 0.3) is 0 Å². The number of rotatable bonds is 4. The van der Waals surface area contributed by atoms with Crippen LogP contribution in [0.4, 0.5) is 0 Å². The molecule has 0 aromatic carbocycles. The Balaban J connectivity index is 2.27. The minimum absolute atomic E-state index is 0.124. The van der Waals surface area contributed by atoms with Crippen LogP contribution in [0.3, 0.4) is 0 Å². The number of methoxy groups -OCH3 is 1. The fourth-order valence-corrected chi connectivity index (χ4v) is 1.68. The molecule has 1 saturated heterocycles. The van der Waals surface area contributed by atoms with Gasteiger partial charge in [-0.05, 0) is 25.3 Å². The zero-order valence-corrected chi connectivity index (χ0v) is 8.91. The summed E-state index contributed by atoms with van der Waals surface area (Å²) < 4.78 is 9.87. The van der Waals surface area contributed by atoms with Gasteiger partial charge in [0, 0.05) is 7.11 Å². The summed E-state index contributed by atoms with van der Waals surface area (Å²) in [5, 5.41) is 3.18. The van der Waals surface area contributed by atoms with E-state index in [1.165, 1.54) is 0 Å². The van der Waals surface area contributed by atoms with Crippen LogP contribution < -0.4 is 5.32 Å². The van der Waals surface area contributed by atoms with E-state index in [1.54, 1.807) is 7.11 Å². The molecule has 4 heteroatoms. The van der Waals surface area contributed by atoms with Crippen LogP contribution in [0.5, 0.6) is 0 Å². The Morgan fingerprint density at radius 3 is 2.93 bits per heavy atom. The molecule has 2 unspecified atom stereocenters. The molecule has 4 nitrogen and oxygen atoms in total. The maximum atomic E-state index is 11.5. The van der Waals surface area contributed by atoms with Crippen molar-refractivity contribution in [1.29, 1.82) is 0 Å². The second-order valence-corrected chi connectivity index (χ2v) is 3.71. The van der Waals surface area contributed by atoms with E-state index in [4.69, 9.17) is 9.47 Å². The van der Waals surface area contributed by atoms with Crippen molar-refractivity contribution in [2.45, 2.75) is 25.8 Å².